The Labute approximate surface area is 356 Å². The summed E-state index contributed by atoms with van der Waals surface area (Å²) in [5.41, 5.74) is 0. The number of allylic oxidation sites excluding steroid dienone is 3. The van der Waals surface area contributed by atoms with Gasteiger partial charge in [-0.3, -0.25) is 4.79 Å². The Bertz CT molecular complexity index is 844. The minimum absolute atomic E-state index is 0.0161. The summed E-state index contributed by atoms with van der Waals surface area (Å²) in [6, 6.07) is -0.740. The second-order valence-corrected chi connectivity index (χ2v) is 17.8. The summed E-state index contributed by atoms with van der Waals surface area (Å²) in [5, 5.41) is 33.1. The van der Waals surface area contributed by atoms with Gasteiger partial charge in [-0.25, -0.2) is 0 Å². The van der Waals surface area contributed by atoms with Crippen molar-refractivity contribution in [2.45, 2.75) is 295 Å². The highest BCUT2D eigenvalue weighted by atomic mass is 16.3. The van der Waals surface area contributed by atoms with Gasteiger partial charge in [0.25, 0.3) is 0 Å². The number of hydrogen-bond acceptors (Lipinski definition) is 4. The van der Waals surface area contributed by atoms with E-state index in [2.05, 4.69) is 31.3 Å². The van der Waals surface area contributed by atoms with Gasteiger partial charge in [0.1, 0.15) is 0 Å². The summed E-state index contributed by atoms with van der Waals surface area (Å²) in [6.45, 7) is 4.20. The summed E-state index contributed by atoms with van der Waals surface area (Å²) >= 11 is 0. The van der Waals surface area contributed by atoms with Crippen molar-refractivity contribution >= 4 is 5.91 Å². The normalized spacial score (nSPS) is 13.6. The van der Waals surface area contributed by atoms with Crippen LogP contribution < -0.4 is 5.32 Å². The van der Waals surface area contributed by atoms with Crippen LogP contribution in [0.5, 0.6) is 0 Å². The third kappa shape index (κ3) is 44.2. The molecule has 5 heteroatoms. The van der Waals surface area contributed by atoms with Crippen LogP contribution in [0.1, 0.15) is 277 Å². The van der Waals surface area contributed by atoms with Gasteiger partial charge >= 0.3 is 0 Å². The van der Waals surface area contributed by atoms with Crippen molar-refractivity contribution < 1.29 is 20.1 Å². The number of aliphatic hydroxyl groups excluding tert-OH is 3. The van der Waals surface area contributed by atoms with Gasteiger partial charge < -0.3 is 20.6 Å². The molecule has 4 N–H and O–H groups in total. The largest absolute Gasteiger partial charge is 0.394 e. The van der Waals surface area contributed by atoms with E-state index in [0.717, 1.165) is 25.7 Å². The maximum atomic E-state index is 12.4. The summed E-state index contributed by atoms with van der Waals surface area (Å²) in [4.78, 5) is 12.4. The Hall–Kier alpha value is -1.17. The zero-order valence-electron chi connectivity index (χ0n) is 38.5. The lowest BCUT2D eigenvalue weighted by atomic mass is 10.0. The summed E-state index contributed by atoms with van der Waals surface area (Å²) in [6.07, 6.45) is 59.5. The number of unbranched alkanes of at least 4 members (excludes halogenated alkanes) is 36. The second kappa shape index (κ2) is 47.5. The van der Waals surface area contributed by atoms with Gasteiger partial charge in [-0.05, 0) is 44.9 Å². The first kappa shape index (κ1) is 55.8. The van der Waals surface area contributed by atoms with Crippen molar-refractivity contribution in [1.29, 1.82) is 0 Å². The topological polar surface area (TPSA) is 89.8 Å². The molecule has 5 nitrogen and oxygen atoms in total. The smallest absolute Gasteiger partial charge is 0.222 e. The van der Waals surface area contributed by atoms with Crippen LogP contribution in [0.3, 0.4) is 0 Å². The van der Waals surface area contributed by atoms with Crippen LogP contribution >= 0.6 is 0 Å². The molecule has 1 amide bonds. The molecule has 0 saturated heterocycles. The van der Waals surface area contributed by atoms with Crippen molar-refractivity contribution in [1.82, 2.24) is 5.32 Å². The first-order valence-electron chi connectivity index (χ1n) is 25.6. The number of amides is 1. The number of rotatable bonds is 47. The predicted octanol–water partition coefficient (Wildman–Crippen LogP) is 15.3. The zero-order valence-corrected chi connectivity index (χ0v) is 38.5. The molecule has 0 aromatic heterocycles. The highest BCUT2D eigenvalue weighted by molar-refractivity contribution is 5.76. The highest BCUT2D eigenvalue weighted by Crippen LogP contribution is 2.17. The Morgan fingerprint density at radius 2 is 0.737 bits per heavy atom. The molecular formula is C52H101NO4. The molecule has 3 unspecified atom stereocenters. The highest BCUT2D eigenvalue weighted by Gasteiger charge is 2.20. The minimum atomic E-state index is -0.924. The molecule has 57 heavy (non-hydrogen) atoms. The molecule has 0 aliphatic heterocycles. The molecule has 0 spiro atoms. The third-order valence-corrected chi connectivity index (χ3v) is 12.0. The minimum Gasteiger partial charge on any atom is -0.394 e. The molecule has 0 bridgehead atoms. The molecule has 0 fully saturated rings. The first-order chi connectivity index (χ1) is 28.0. The number of aliphatic hydroxyl groups is 3. The fraction of sp³-hybridized carbons (Fsp3) is 0.904. The second-order valence-electron chi connectivity index (χ2n) is 17.8. The SMILES string of the molecule is CCCCCCCCC/C=C/C(O)C(CO)NC(=O)CC(O)CCCCCCCCCCCCCCCCC/C=C\CCCCCCCCCCCCCCCC. The van der Waals surface area contributed by atoms with E-state index in [0.29, 0.717) is 6.42 Å². The Balaban J connectivity index is 3.45. The standard InChI is InChI=1S/C52H101NO4/c1-3-5-7-9-11-13-14-15-16-17-18-19-20-21-22-23-24-25-26-27-28-29-30-31-32-33-34-35-36-38-39-41-43-45-49(55)47-52(57)53-50(48-54)51(56)46-44-42-40-37-12-10-8-6-4-2/h23-24,44,46,49-51,54-56H,3-22,25-43,45,47-48H2,1-2H3,(H,53,57)/b24-23-,46-44+. The van der Waals surface area contributed by atoms with E-state index in [4.69, 9.17) is 0 Å². The van der Waals surface area contributed by atoms with Crippen molar-refractivity contribution in [2.75, 3.05) is 6.61 Å². The van der Waals surface area contributed by atoms with Gasteiger partial charge in [-0.2, -0.15) is 0 Å². The molecule has 3 atom stereocenters. The number of carbonyl (C=O) groups excluding carboxylic acids is 1. The summed E-state index contributed by atoms with van der Waals surface area (Å²) in [5.74, 6) is -0.315. The first-order valence-corrected chi connectivity index (χ1v) is 25.6. The lowest BCUT2D eigenvalue weighted by molar-refractivity contribution is -0.124. The molecule has 0 heterocycles. The Kier molecular flexibility index (Phi) is 46.5. The van der Waals surface area contributed by atoms with Crippen LogP contribution in [-0.4, -0.2) is 46.1 Å². The fourth-order valence-electron chi connectivity index (χ4n) is 8.04. The van der Waals surface area contributed by atoms with Gasteiger partial charge in [-0.15, -0.1) is 0 Å². The molecule has 0 aliphatic rings. The summed E-state index contributed by atoms with van der Waals surface area (Å²) < 4.78 is 0. The average molecular weight is 804 g/mol. The number of nitrogens with one attached hydrogen (secondary N) is 1. The van der Waals surface area contributed by atoms with Crippen LogP contribution in [0.4, 0.5) is 0 Å². The van der Waals surface area contributed by atoms with Crippen molar-refractivity contribution in [2.24, 2.45) is 0 Å². The molecule has 0 saturated carbocycles. The van der Waals surface area contributed by atoms with E-state index in [-0.39, 0.29) is 18.9 Å². The number of carbonyl (C=O) groups is 1. The van der Waals surface area contributed by atoms with E-state index in [9.17, 15) is 20.1 Å². The van der Waals surface area contributed by atoms with Crippen LogP contribution in [0.25, 0.3) is 0 Å². The third-order valence-electron chi connectivity index (χ3n) is 12.0. The van der Waals surface area contributed by atoms with Gasteiger partial charge in [0.15, 0.2) is 0 Å². The van der Waals surface area contributed by atoms with Crippen molar-refractivity contribution in [3.05, 3.63) is 24.3 Å². The average Bonchev–Trinajstić information content (AvgIpc) is 3.20. The number of hydrogen-bond donors (Lipinski definition) is 4. The molecule has 0 aromatic rings. The Morgan fingerprint density at radius 1 is 0.439 bits per heavy atom. The quantitative estimate of drug-likeness (QED) is 0.0364. The molecular weight excluding hydrogens is 703 g/mol. The van der Waals surface area contributed by atoms with Crippen LogP contribution in [0.15, 0.2) is 24.3 Å². The van der Waals surface area contributed by atoms with Crippen molar-refractivity contribution in [3.8, 4) is 0 Å². The predicted molar refractivity (Wildman–Crippen MR) is 250 cm³/mol. The van der Waals surface area contributed by atoms with Gasteiger partial charge in [0, 0.05) is 0 Å². The zero-order chi connectivity index (χ0) is 41.5. The lowest BCUT2D eigenvalue weighted by Crippen LogP contribution is -2.45. The van der Waals surface area contributed by atoms with Crippen molar-refractivity contribution in [3.63, 3.8) is 0 Å². The molecule has 0 aliphatic carbocycles. The molecule has 338 valence electrons. The molecule has 0 rings (SSSR count). The van der Waals surface area contributed by atoms with Crippen LogP contribution in [0, 0.1) is 0 Å². The van der Waals surface area contributed by atoms with Crippen LogP contribution in [0.2, 0.25) is 0 Å². The molecule has 0 radical (unpaired) electrons. The van der Waals surface area contributed by atoms with E-state index in [1.807, 2.05) is 6.08 Å². The maximum absolute atomic E-state index is 12.4. The van der Waals surface area contributed by atoms with Gasteiger partial charge in [-0.1, -0.05) is 250 Å². The van der Waals surface area contributed by atoms with E-state index >= 15 is 0 Å². The Morgan fingerprint density at radius 3 is 1.07 bits per heavy atom. The van der Waals surface area contributed by atoms with Gasteiger partial charge in [0.2, 0.25) is 5.91 Å². The maximum Gasteiger partial charge on any atom is 0.222 e. The molecule has 0 aromatic carbocycles. The van der Waals surface area contributed by atoms with E-state index < -0.39 is 18.2 Å². The monoisotopic (exact) mass is 804 g/mol. The van der Waals surface area contributed by atoms with E-state index in [1.54, 1.807) is 6.08 Å². The fourth-order valence-corrected chi connectivity index (χ4v) is 8.04. The van der Waals surface area contributed by atoms with E-state index in [1.165, 1.54) is 225 Å². The van der Waals surface area contributed by atoms with Gasteiger partial charge in [0.05, 0.1) is 31.3 Å². The lowest BCUT2D eigenvalue weighted by Gasteiger charge is -2.21. The van der Waals surface area contributed by atoms with Crippen LogP contribution in [-0.2, 0) is 4.79 Å². The summed E-state index contributed by atoms with van der Waals surface area (Å²) in [7, 11) is 0.